The van der Waals surface area contributed by atoms with Crippen molar-refractivity contribution in [3.8, 4) is 0 Å². The quantitative estimate of drug-likeness (QED) is 0.879. The third kappa shape index (κ3) is 3.62. The fourth-order valence-electron chi connectivity index (χ4n) is 1.96. The Labute approximate surface area is 113 Å². The zero-order chi connectivity index (χ0) is 13.0. The predicted molar refractivity (Wildman–Crippen MR) is 77.0 cm³/mol. The van der Waals surface area contributed by atoms with E-state index in [0.717, 1.165) is 24.4 Å². The molecule has 18 heavy (non-hydrogen) atoms. The zero-order valence-electron chi connectivity index (χ0n) is 10.6. The number of aromatic nitrogens is 1. The molecule has 2 aromatic rings. The molecule has 1 aromatic carbocycles. The van der Waals surface area contributed by atoms with Gasteiger partial charge in [0.2, 0.25) is 0 Å². The summed E-state index contributed by atoms with van der Waals surface area (Å²) in [4.78, 5) is 0. The Kier molecular flexibility index (Phi) is 4.45. The highest BCUT2D eigenvalue weighted by Crippen LogP contribution is 2.12. The van der Waals surface area contributed by atoms with Crippen molar-refractivity contribution in [3.63, 3.8) is 0 Å². The lowest BCUT2D eigenvalue weighted by Gasteiger charge is -2.06. The average molecular weight is 263 g/mol. The predicted octanol–water partition coefficient (Wildman–Crippen LogP) is 3.47. The molecule has 0 saturated heterocycles. The van der Waals surface area contributed by atoms with Crippen LogP contribution in [0.5, 0.6) is 0 Å². The van der Waals surface area contributed by atoms with Gasteiger partial charge in [0.05, 0.1) is 0 Å². The van der Waals surface area contributed by atoms with Crippen LogP contribution in [0.1, 0.15) is 24.5 Å². The number of halogens is 1. The normalized spacial score (nSPS) is 12.6. The molecule has 0 fully saturated rings. The number of hydrogen-bond acceptors (Lipinski definition) is 1. The Morgan fingerprint density at radius 3 is 2.56 bits per heavy atom. The van der Waals surface area contributed by atoms with Gasteiger partial charge in [-0.3, -0.25) is 0 Å². The molecule has 0 saturated carbocycles. The summed E-state index contributed by atoms with van der Waals surface area (Å²) in [5, 5.41) is 0.779. The van der Waals surface area contributed by atoms with Gasteiger partial charge in [-0.15, -0.1) is 0 Å². The lowest BCUT2D eigenvalue weighted by Crippen LogP contribution is -2.21. The van der Waals surface area contributed by atoms with Crippen molar-refractivity contribution in [2.24, 2.45) is 5.73 Å². The van der Waals surface area contributed by atoms with Crippen LogP contribution in [0.4, 0.5) is 0 Å². The van der Waals surface area contributed by atoms with E-state index >= 15 is 0 Å². The average Bonchev–Trinajstić information content (AvgIpc) is 2.79. The summed E-state index contributed by atoms with van der Waals surface area (Å²) in [5.74, 6) is 0. The maximum atomic E-state index is 5.96. The number of hydrogen-bond donors (Lipinski definition) is 1. The minimum atomic E-state index is 0.261. The number of benzene rings is 1. The third-order valence-electron chi connectivity index (χ3n) is 3.11. The fourth-order valence-corrected chi connectivity index (χ4v) is 2.08. The second-order valence-corrected chi connectivity index (χ2v) is 5.13. The fraction of sp³-hybridized carbons (Fsp3) is 0.333. The first-order chi connectivity index (χ1) is 8.67. The Hall–Kier alpha value is -1.25. The van der Waals surface area contributed by atoms with Crippen molar-refractivity contribution in [2.75, 3.05) is 0 Å². The Bertz CT molecular complexity index is 487. The molecular formula is C15H19ClN2. The summed E-state index contributed by atoms with van der Waals surface area (Å²) in [6.45, 7) is 2.99. The molecule has 2 rings (SSSR count). The number of nitrogens with zero attached hydrogens (tertiary/aromatic N) is 1. The molecule has 0 bridgehead atoms. The van der Waals surface area contributed by atoms with Gasteiger partial charge in [-0.1, -0.05) is 30.7 Å². The Balaban J connectivity index is 2.00. The molecule has 2 nitrogen and oxygen atoms in total. The van der Waals surface area contributed by atoms with Gasteiger partial charge in [-0.2, -0.15) is 0 Å². The number of nitrogens with two attached hydrogens (primary N) is 1. The van der Waals surface area contributed by atoms with E-state index in [2.05, 4.69) is 42.1 Å². The molecule has 1 atom stereocenters. The SMILES string of the molecule is CCC(N)Cc1ccn(Cc2ccc(Cl)cc2)c1. The molecule has 2 N–H and O–H groups in total. The van der Waals surface area contributed by atoms with Crippen LogP contribution in [0.3, 0.4) is 0 Å². The highest BCUT2D eigenvalue weighted by molar-refractivity contribution is 6.30. The lowest BCUT2D eigenvalue weighted by molar-refractivity contribution is 0.645. The van der Waals surface area contributed by atoms with Gasteiger partial charge in [-0.25, -0.2) is 0 Å². The highest BCUT2D eigenvalue weighted by atomic mass is 35.5. The van der Waals surface area contributed by atoms with Crippen LogP contribution >= 0.6 is 11.6 Å². The number of rotatable bonds is 5. The zero-order valence-corrected chi connectivity index (χ0v) is 11.4. The summed E-state index contributed by atoms with van der Waals surface area (Å²) < 4.78 is 2.18. The van der Waals surface area contributed by atoms with Crippen molar-refractivity contribution >= 4 is 11.6 Å². The molecule has 1 heterocycles. The molecule has 0 aliphatic carbocycles. The van der Waals surface area contributed by atoms with Crippen LogP contribution in [0, 0.1) is 0 Å². The van der Waals surface area contributed by atoms with E-state index in [-0.39, 0.29) is 6.04 Å². The Morgan fingerprint density at radius 1 is 1.17 bits per heavy atom. The summed E-state index contributed by atoms with van der Waals surface area (Å²) in [5.41, 5.74) is 8.51. The molecule has 0 aliphatic rings. The van der Waals surface area contributed by atoms with E-state index in [0.29, 0.717) is 0 Å². The molecular weight excluding hydrogens is 244 g/mol. The van der Waals surface area contributed by atoms with Crippen LogP contribution in [0.2, 0.25) is 5.02 Å². The van der Waals surface area contributed by atoms with Crippen molar-refractivity contribution in [1.29, 1.82) is 0 Å². The van der Waals surface area contributed by atoms with Crippen LogP contribution in [-0.2, 0) is 13.0 Å². The van der Waals surface area contributed by atoms with Crippen molar-refractivity contribution in [1.82, 2.24) is 4.57 Å². The van der Waals surface area contributed by atoms with E-state index in [1.54, 1.807) is 0 Å². The summed E-state index contributed by atoms with van der Waals surface area (Å²) in [7, 11) is 0. The van der Waals surface area contributed by atoms with Gasteiger partial charge in [0.1, 0.15) is 0 Å². The lowest BCUT2D eigenvalue weighted by atomic mass is 10.1. The molecule has 1 unspecified atom stereocenters. The molecule has 96 valence electrons. The van der Waals surface area contributed by atoms with Gasteiger partial charge < -0.3 is 10.3 Å². The topological polar surface area (TPSA) is 30.9 Å². The smallest absolute Gasteiger partial charge is 0.0470 e. The van der Waals surface area contributed by atoms with E-state index in [9.17, 15) is 0 Å². The van der Waals surface area contributed by atoms with Gasteiger partial charge in [0.15, 0.2) is 0 Å². The molecule has 0 radical (unpaired) electrons. The van der Waals surface area contributed by atoms with E-state index < -0.39 is 0 Å². The summed E-state index contributed by atoms with van der Waals surface area (Å²) in [6.07, 6.45) is 6.24. The third-order valence-corrected chi connectivity index (χ3v) is 3.36. The van der Waals surface area contributed by atoms with Crippen molar-refractivity contribution < 1.29 is 0 Å². The van der Waals surface area contributed by atoms with E-state index in [1.165, 1.54) is 11.1 Å². The standard InChI is InChI=1S/C15H19ClN2/c1-2-15(17)9-13-7-8-18(11-13)10-12-3-5-14(16)6-4-12/h3-8,11,15H,2,9-10,17H2,1H3. The maximum Gasteiger partial charge on any atom is 0.0470 e. The molecule has 0 aliphatic heterocycles. The first-order valence-electron chi connectivity index (χ1n) is 6.32. The largest absolute Gasteiger partial charge is 0.350 e. The second kappa shape index (κ2) is 6.07. The first-order valence-corrected chi connectivity index (χ1v) is 6.70. The van der Waals surface area contributed by atoms with Crippen LogP contribution < -0.4 is 5.73 Å². The Morgan fingerprint density at radius 2 is 1.89 bits per heavy atom. The van der Waals surface area contributed by atoms with Crippen LogP contribution in [0.15, 0.2) is 42.7 Å². The van der Waals surface area contributed by atoms with Crippen molar-refractivity contribution in [3.05, 3.63) is 58.9 Å². The molecule has 0 amide bonds. The first kappa shape index (κ1) is 13.2. The monoisotopic (exact) mass is 262 g/mol. The van der Waals surface area contributed by atoms with Gasteiger partial charge in [0, 0.05) is 30.0 Å². The minimum Gasteiger partial charge on any atom is -0.350 e. The van der Waals surface area contributed by atoms with E-state index in [1.807, 2.05) is 12.1 Å². The maximum absolute atomic E-state index is 5.96. The van der Waals surface area contributed by atoms with Crippen LogP contribution in [0.25, 0.3) is 0 Å². The van der Waals surface area contributed by atoms with Gasteiger partial charge in [-0.05, 0) is 42.2 Å². The molecule has 0 spiro atoms. The van der Waals surface area contributed by atoms with Crippen LogP contribution in [-0.4, -0.2) is 10.6 Å². The van der Waals surface area contributed by atoms with Gasteiger partial charge >= 0.3 is 0 Å². The summed E-state index contributed by atoms with van der Waals surface area (Å²) >= 11 is 5.87. The summed E-state index contributed by atoms with van der Waals surface area (Å²) in [6, 6.07) is 10.4. The second-order valence-electron chi connectivity index (χ2n) is 4.69. The van der Waals surface area contributed by atoms with Gasteiger partial charge in [0.25, 0.3) is 0 Å². The molecule has 3 heteroatoms. The minimum absolute atomic E-state index is 0.261. The highest BCUT2D eigenvalue weighted by Gasteiger charge is 2.03. The molecule has 1 aromatic heterocycles. The van der Waals surface area contributed by atoms with E-state index in [4.69, 9.17) is 17.3 Å². The van der Waals surface area contributed by atoms with Crippen molar-refractivity contribution in [2.45, 2.75) is 32.4 Å².